The highest BCUT2D eigenvalue weighted by Gasteiger charge is 2.08. The van der Waals surface area contributed by atoms with Crippen LogP contribution in [0.4, 0.5) is 11.5 Å². The van der Waals surface area contributed by atoms with Crippen LogP contribution < -0.4 is 11.1 Å². The molecule has 7 heteroatoms. The van der Waals surface area contributed by atoms with Crippen molar-refractivity contribution in [2.75, 3.05) is 11.1 Å². The first kappa shape index (κ1) is 9.53. The zero-order valence-corrected chi connectivity index (χ0v) is 8.36. The Morgan fingerprint density at radius 2 is 2.27 bits per heavy atom. The van der Waals surface area contributed by atoms with Crippen LogP contribution in [-0.2, 0) is 0 Å². The maximum atomic E-state index is 11.5. The van der Waals surface area contributed by atoms with Gasteiger partial charge in [-0.1, -0.05) is 4.49 Å². The van der Waals surface area contributed by atoms with E-state index in [0.717, 1.165) is 11.5 Å². The molecule has 15 heavy (non-hydrogen) atoms. The minimum Gasteiger partial charge on any atom is -0.384 e. The van der Waals surface area contributed by atoms with E-state index in [2.05, 4.69) is 19.9 Å². The molecule has 6 nitrogen and oxygen atoms in total. The summed E-state index contributed by atoms with van der Waals surface area (Å²) in [5.41, 5.74) is 6.00. The van der Waals surface area contributed by atoms with Crippen molar-refractivity contribution in [3.8, 4) is 0 Å². The maximum absolute atomic E-state index is 11.5. The lowest BCUT2D eigenvalue weighted by Gasteiger charge is -2.01. The van der Waals surface area contributed by atoms with Crippen LogP contribution in [0.2, 0.25) is 0 Å². The van der Waals surface area contributed by atoms with Crippen LogP contribution in [0.3, 0.4) is 0 Å². The molecular weight excluding hydrogens is 214 g/mol. The van der Waals surface area contributed by atoms with E-state index < -0.39 is 0 Å². The van der Waals surface area contributed by atoms with E-state index in [0.29, 0.717) is 16.4 Å². The molecule has 0 unspecified atom stereocenters. The van der Waals surface area contributed by atoms with Crippen molar-refractivity contribution in [3.05, 3.63) is 29.4 Å². The number of carbonyl (C=O) groups excluding carboxylic acids is 1. The van der Waals surface area contributed by atoms with Crippen molar-refractivity contribution in [2.45, 2.75) is 0 Å². The highest BCUT2D eigenvalue weighted by atomic mass is 32.1. The molecule has 0 aliphatic carbocycles. The Morgan fingerprint density at radius 1 is 1.40 bits per heavy atom. The number of nitrogen functional groups attached to an aromatic ring is 1. The number of aromatic nitrogens is 3. The minimum absolute atomic E-state index is 0.253. The van der Waals surface area contributed by atoms with Gasteiger partial charge in [-0.25, -0.2) is 4.98 Å². The number of rotatable bonds is 2. The third-order valence-electron chi connectivity index (χ3n) is 1.63. The summed E-state index contributed by atoms with van der Waals surface area (Å²) in [6, 6.07) is 3.29. The lowest BCUT2D eigenvalue weighted by molar-refractivity contribution is 0.103. The largest absolute Gasteiger partial charge is 0.384 e. The summed E-state index contributed by atoms with van der Waals surface area (Å²) in [6.07, 6.45) is 2.90. The molecule has 0 aliphatic heterocycles. The third kappa shape index (κ3) is 2.26. The van der Waals surface area contributed by atoms with Crippen LogP contribution in [0, 0.1) is 0 Å². The average Bonchev–Trinajstić information content (AvgIpc) is 2.74. The van der Waals surface area contributed by atoms with Crippen molar-refractivity contribution in [3.63, 3.8) is 0 Å². The third-order valence-corrected chi connectivity index (χ3v) is 2.29. The number of hydrogen-bond donors (Lipinski definition) is 2. The molecule has 2 rings (SSSR count). The highest BCUT2D eigenvalue weighted by molar-refractivity contribution is 7.07. The number of nitrogens with one attached hydrogen (secondary N) is 1. The molecule has 2 aromatic heterocycles. The summed E-state index contributed by atoms with van der Waals surface area (Å²) in [6.45, 7) is 0. The van der Waals surface area contributed by atoms with Crippen molar-refractivity contribution >= 4 is 28.9 Å². The van der Waals surface area contributed by atoms with Crippen LogP contribution >= 0.6 is 11.5 Å². The van der Waals surface area contributed by atoms with Gasteiger partial charge in [-0.2, -0.15) is 0 Å². The number of hydrogen-bond acceptors (Lipinski definition) is 6. The van der Waals surface area contributed by atoms with Gasteiger partial charge in [0, 0.05) is 0 Å². The van der Waals surface area contributed by atoms with E-state index in [1.807, 2.05) is 0 Å². The molecule has 3 N–H and O–H groups in total. The molecule has 1 amide bonds. The number of carbonyl (C=O) groups is 1. The second-order valence-electron chi connectivity index (χ2n) is 2.71. The predicted octanol–water partition coefficient (Wildman–Crippen LogP) is 0.768. The van der Waals surface area contributed by atoms with Crippen molar-refractivity contribution in [1.82, 2.24) is 14.6 Å². The molecule has 0 fully saturated rings. The number of pyridine rings is 1. The van der Waals surface area contributed by atoms with Gasteiger partial charge in [-0.05, 0) is 23.7 Å². The van der Waals surface area contributed by atoms with E-state index in [1.165, 1.54) is 12.4 Å². The molecule has 0 aromatic carbocycles. The first-order valence-electron chi connectivity index (χ1n) is 4.06. The molecule has 2 aromatic rings. The number of nitrogens with two attached hydrogens (primary N) is 1. The fraction of sp³-hybridized carbons (Fsp3) is 0. The predicted molar refractivity (Wildman–Crippen MR) is 56.5 cm³/mol. The summed E-state index contributed by atoms with van der Waals surface area (Å²) >= 11 is 1.04. The van der Waals surface area contributed by atoms with Gasteiger partial charge in [0.05, 0.1) is 18.1 Å². The molecule has 0 aliphatic rings. The summed E-state index contributed by atoms with van der Waals surface area (Å²) in [5, 5.41) is 6.22. The Morgan fingerprint density at radius 3 is 2.87 bits per heavy atom. The Kier molecular flexibility index (Phi) is 2.55. The van der Waals surface area contributed by atoms with Crippen LogP contribution in [0.25, 0.3) is 0 Å². The molecule has 76 valence electrons. The molecule has 0 spiro atoms. The number of amides is 1. The molecular formula is C8H7N5OS. The number of anilines is 2. The second kappa shape index (κ2) is 4.01. The van der Waals surface area contributed by atoms with E-state index >= 15 is 0 Å². The van der Waals surface area contributed by atoms with E-state index in [1.54, 1.807) is 12.1 Å². The molecule has 0 atom stereocenters. The van der Waals surface area contributed by atoms with Crippen LogP contribution in [0.1, 0.15) is 9.67 Å². The fourth-order valence-corrected chi connectivity index (χ4v) is 1.35. The fourth-order valence-electron chi connectivity index (χ4n) is 0.939. The minimum atomic E-state index is -0.253. The normalized spacial score (nSPS) is 9.87. The zero-order valence-electron chi connectivity index (χ0n) is 7.54. The van der Waals surface area contributed by atoms with Crippen LogP contribution in [0.15, 0.2) is 24.5 Å². The first-order chi connectivity index (χ1) is 7.25. The lowest BCUT2D eigenvalue weighted by atomic mass is 10.4. The summed E-state index contributed by atoms with van der Waals surface area (Å²) < 4.78 is 3.59. The Labute approximate surface area is 89.3 Å². The van der Waals surface area contributed by atoms with E-state index in [9.17, 15) is 4.79 Å². The summed E-state index contributed by atoms with van der Waals surface area (Å²) in [5.74, 6) is 0.157. The van der Waals surface area contributed by atoms with Gasteiger partial charge in [0.15, 0.2) is 0 Å². The Hall–Kier alpha value is -2.02. The van der Waals surface area contributed by atoms with Gasteiger partial charge in [0.25, 0.3) is 5.91 Å². The van der Waals surface area contributed by atoms with E-state index in [4.69, 9.17) is 5.73 Å². The van der Waals surface area contributed by atoms with Crippen molar-refractivity contribution in [1.29, 1.82) is 0 Å². The zero-order chi connectivity index (χ0) is 10.7. The van der Waals surface area contributed by atoms with Gasteiger partial charge in [0.2, 0.25) is 0 Å². The average molecular weight is 221 g/mol. The standard InChI is InChI=1S/C8H7N5OS/c9-7-2-1-5(3-10-7)12-8(14)6-4-11-13-15-6/h1-4H,(H2,9,10)(H,12,14). The Balaban J connectivity index is 2.09. The summed E-state index contributed by atoms with van der Waals surface area (Å²) in [7, 11) is 0. The molecule has 0 saturated carbocycles. The molecule has 0 bridgehead atoms. The van der Waals surface area contributed by atoms with E-state index in [-0.39, 0.29) is 5.91 Å². The quantitative estimate of drug-likeness (QED) is 0.781. The number of nitrogens with zero attached hydrogens (tertiary/aromatic N) is 3. The van der Waals surface area contributed by atoms with Gasteiger partial charge in [-0.15, -0.1) is 5.10 Å². The van der Waals surface area contributed by atoms with Crippen LogP contribution in [-0.4, -0.2) is 20.5 Å². The monoisotopic (exact) mass is 221 g/mol. The smallest absolute Gasteiger partial charge is 0.269 e. The van der Waals surface area contributed by atoms with Crippen molar-refractivity contribution < 1.29 is 4.79 Å². The van der Waals surface area contributed by atoms with Gasteiger partial charge in [0.1, 0.15) is 10.7 Å². The van der Waals surface area contributed by atoms with Crippen molar-refractivity contribution in [2.24, 2.45) is 0 Å². The first-order valence-corrected chi connectivity index (χ1v) is 4.83. The molecule has 0 radical (unpaired) electrons. The highest BCUT2D eigenvalue weighted by Crippen LogP contribution is 2.10. The van der Waals surface area contributed by atoms with Gasteiger partial charge in [-0.3, -0.25) is 4.79 Å². The SMILES string of the molecule is Nc1ccc(NC(=O)c2cnns2)cn1. The topological polar surface area (TPSA) is 93.8 Å². The molecule has 0 saturated heterocycles. The molecule has 2 heterocycles. The second-order valence-corrected chi connectivity index (χ2v) is 3.49. The summed E-state index contributed by atoms with van der Waals surface area (Å²) in [4.78, 5) is 15.8. The lowest BCUT2D eigenvalue weighted by Crippen LogP contribution is -2.10. The van der Waals surface area contributed by atoms with Crippen LogP contribution in [0.5, 0.6) is 0 Å². The Bertz CT molecular complexity index is 452. The van der Waals surface area contributed by atoms with Gasteiger partial charge >= 0.3 is 0 Å². The maximum Gasteiger partial charge on any atom is 0.269 e. The van der Waals surface area contributed by atoms with Gasteiger partial charge < -0.3 is 11.1 Å².